The first kappa shape index (κ1) is 14.5. The fourth-order valence-corrected chi connectivity index (χ4v) is 3.00. The summed E-state index contributed by atoms with van der Waals surface area (Å²) in [5.74, 6) is 0. The van der Waals surface area contributed by atoms with Crippen LogP contribution in [0.2, 0.25) is 0 Å². The molecule has 2 rings (SSSR count). The lowest BCUT2D eigenvalue weighted by Crippen LogP contribution is -2.36. The van der Waals surface area contributed by atoms with E-state index in [1.807, 2.05) is 12.1 Å². The molecule has 1 N–H and O–H groups in total. The Morgan fingerprint density at radius 2 is 1.95 bits per heavy atom. The molecule has 4 nitrogen and oxygen atoms in total. The van der Waals surface area contributed by atoms with Crippen molar-refractivity contribution < 1.29 is 13.2 Å². The minimum atomic E-state index is -3.12. The molecular formula is C14H21NO3S. The van der Waals surface area contributed by atoms with Gasteiger partial charge in [0.25, 0.3) is 0 Å². The average Bonchev–Trinajstić information content (AvgIpc) is 2.74. The van der Waals surface area contributed by atoms with Gasteiger partial charge in [-0.15, -0.1) is 0 Å². The largest absolute Gasteiger partial charge is 0.377 e. The molecule has 1 fully saturated rings. The van der Waals surface area contributed by atoms with Crippen LogP contribution in [0.25, 0.3) is 0 Å². The van der Waals surface area contributed by atoms with Gasteiger partial charge in [-0.25, -0.2) is 8.42 Å². The van der Waals surface area contributed by atoms with Gasteiger partial charge in [-0.3, -0.25) is 0 Å². The topological polar surface area (TPSA) is 55.4 Å². The van der Waals surface area contributed by atoms with E-state index in [1.165, 1.54) is 6.26 Å². The first-order chi connectivity index (χ1) is 8.88. The summed E-state index contributed by atoms with van der Waals surface area (Å²) >= 11 is 0. The van der Waals surface area contributed by atoms with Crippen molar-refractivity contribution >= 4 is 9.84 Å². The number of hydrogen-bond acceptors (Lipinski definition) is 4. The zero-order valence-electron chi connectivity index (χ0n) is 11.6. The first-order valence-electron chi connectivity index (χ1n) is 6.55. The molecular weight excluding hydrogens is 262 g/mol. The predicted octanol–water partition coefficient (Wildman–Crippen LogP) is 1.92. The van der Waals surface area contributed by atoms with Gasteiger partial charge in [0.05, 0.1) is 11.0 Å². The van der Waals surface area contributed by atoms with E-state index < -0.39 is 9.84 Å². The van der Waals surface area contributed by atoms with Crippen LogP contribution < -0.4 is 5.32 Å². The predicted molar refractivity (Wildman–Crippen MR) is 74.9 cm³/mol. The van der Waals surface area contributed by atoms with Crippen molar-refractivity contribution in [2.75, 3.05) is 12.9 Å². The Kier molecular flexibility index (Phi) is 4.28. The van der Waals surface area contributed by atoms with E-state index >= 15 is 0 Å². The smallest absolute Gasteiger partial charge is 0.175 e. The van der Waals surface area contributed by atoms with Crippen LogP contribution in [0.15, 0.2) is 29.2 Å². The monoisotopic (exact) mass is 283 g/mol. The van der Waals surface area contributed by atoms with Crippen LogP contribution in [-0.2, 0) is 14.6 Å². The van der Waals surface area contributed by atoms with Crippen molar-refractivity contribution in [3.63, 3.8) is 0 Å². The molecule has 3 unspecified atom stereocenters. The maximum atomic E-state index is 11.4. The fourth-order valence-electron chi connectivity index (χ4n) is 2.37. The third kappa shape index (κ3) is 3.55. The van der Waals surface area contributed by atoms with Crippen molar-refractivity contribution in [1.29, 1.82) is 0 Å². The summed E-state index contributed by atoms with van der Waals surface area (Å²) in [6.07, 6.45) is 2.48. The maximum absolute atomic E-state index is 11.4. The van der Waals surface area contributed by atoms with Gasteiger partial charge < -0.3 is 10.1 Å². The lowest BCUT2D eigenvalue weighted by atomic mass is 10.1. The summed E-state index contributed by atoms with van der Waals surface area (Å²) in [5, 5.41) is 3.53. The van der Waals surface area contributed by atoms with E-state index in [-0.39, 0.29) is 12.1 Å². The second kappa shape index (κ2) is 5.61. The molecule has 19 heavy (non-hydrogen) atoms. The van der Waals surface area contributed by atoms with Crippen molar-refractivity contribution in [3.05, 3.63) is 29.8 Å². The van der Waals surface area contributed by atoms with Gasteiger partial charge in [0.2, 0.25) is 0 Å². The highest BCUT2D eigenvalue weighted by Crippen LogP contribution is 2.20. The summed E-state index contributed by atoms with van der Waals surface area (Å²) in [6, 6.07) is 7.62. The van der Waals surface area contributed by atoms with Gasteiger partial charge in [0.1, 0.15) is 0 Å². The van der Waals surface area contributed by atoms with E-state index in [2.05, 4.69) is 19.2 Å². The molecule has 106 valence electrons. The SMILES string of the molecule is CC(NC1CCOC1C)c1ccc(S(C)(=O)=O)cc1. The highest BCUT2D eigenvalue weighted by Gasteiger charge is 2.25. The molecule has 1 aliphatic heterocycles. The van der Waals surface area contributed by atoms with E-state index in [4.69, 9.17) is 4.74 Å². The Hall–Kier alpha value is -0.910. The summed E-state index contributed by atoms with van der Waals surface area (Å²) in [7, 11) is -3.12. The molecule has 0 aliphatic carbocycles. The first-order valence-corrected chi connectivity index (χ1v) is 8.45. The van der Waals surface area contributed by atoms with Gasteiger partial charge >= 0.3 is 0 Å². The fraction of sp³-hybridized carbons (Fsp3) is 0.571. The van der Waals surface area contributed by atoms with Crippen molar-refractivity contribution in [1.82, 2.24) is 5.32 Å². The van der Waals surface area contributed by atoms with Crippen LogP contribution in [0.1, 0.15) is 31.9 Å². The highest BCUT2D eigenvalue weighted by atomic mass is 32.2. The van der Waals surface area contributed by atoms with E-state index in [0.29, 0.717) is 10.9 Å². The summed E-state index contributed by atoms with van der Waals surface area (Å²) < 4.78 is 28.3. The number of benzene rings is 1. The highest BCUT2D eigenvalue weighted by molar-refractivity contribution is 7.90. The third-order valence-electron chi connectivity index (χ3n) is 3.65. The van der Waals surface area contributed by atoms with E-state index in [1.54, 1.807) is 12.1 Å². The average molecular weight is 283 g/mol. The molecule has 5 heteroatoms. The molecule has 0 aromatic heterocycles. The molecule has 1 heterocycles. The number of nitrogens with one attached hydrogen (secondary N) is 1. The zero-order chi connectivity index (χ0) is 14.0. The Morgan fingerprint density at radius 3 is 2.42 bits per heavy atom. The molecule has 3 atom stereocenters. The second-order valence-corrected chi connectivity index (χ2v) is 7.22. The molecule has 0 bridgehead atoms. The summed E-state index contributed by atoms with van der Waals surface area (Å²) in [6.45, 7) is 4.96. The standard InChI is InChI=1S/C14H21NO3S/c1-10(15-14-8-9-18-11(14)2)12-4-6-13(7-5-12)19(3,16)17/h4-7,10-11,14-15H,8-9H2,1-3H3. The quantitative estimate of drug-likeness (QED) is 0.917. The van der Waals surface area contributed by atoms with Gasteiger partial charge in [-0.2, -0.15) is 0 Å². The van der Waals surface area contributed by atoms with Gasteiger partial charge in [-0.05, 0) is 38.0 Å². The Balaban J connectivity index is 2.05. The molecule has 1 saturated heterocycles. The maximum Gasteiger partial charge on any atom is 0.175 e. The van der Waals surface area contributed by atoms with E-state index in [9.17, 15) is 8.42 Å². The molecule has 1 aliphatic rings. The number of hydrogen-bond donors (Lipinski definition) is 1. The minimum absolute atomic E-state index is 0.183. The molecule has 1 aromatic rings. The van der Waals surface area contributed by atoms with Crippen molar-refractivity contribution in [2.45, 2.75) is 43.4 Å². The summed E-state index contributed by atoms with van der Waals surface area (Å²) in [5.41, 5.74) is 1.09. The van der Waals surface area contributed by atoms with Crippen LogP contribution in [-0.4, -0.2) is 33.4 Å². The zero-order valence-corrected chi connectivity index (χ0v) is 12.4. The normalized spacial score (nSPS) is 25.4. The van der Waals surface area contributed by atoms with Gasteiger partial charge in [0.15, 0.2) is 9.84 Å². The van der Waals surface area contributed by atoms with Crippen LogP contribution in [0.3, 0.4) is 0 Å². The lowest BCUT2D eigenvalue weighted by Gasteiger charge is -2.22. The lowest BCUT2D eigenvalue weighted by molar-refractivity contribution is 0.111. The molecule has 0 spiro atoms. The van der Waals surface area contributed by atoms with Crippen LogP contribution >= 0.6 is 0 Å². The molecule has 0 amide bonds. The van der Waals surface area contributed by atoms with Gasteiger partial charge in [0, 0.05) is 24.9 Å². The van der Waals surface area contributed by atoms with Crippen molar-refractivity contribution in [3.8, 4) is 0 Å². The van der Waals surface area contributed by atoms with Crippen LogP contribution in [0.4, 0.5) is 0 Å². The number of rotatable bonds is 4. The Labute approximate surface area is 115 Å². The Morgan fingerprint density at radius 1 is 1.32 bits per heavy atom. The van der Waals surface area contributed by atoms with Gasteiger partial charge in [-0.1, -0.05) is 12.1 Å². The number of sulfone groups is 1. The van der Waals surface area contributed by atoms with E-state index in [0.717, 1.165) is 18.6 Å². The molecule has 0 radical (unpaired) electrons. The van der Waals surface area contributed by atoms with Crippen LogP contribution in [0.5, 0.6) is 0 Å². The Bertz CT molecular complexity index is 524. The van der Waals surface area contributed by atoms with Crippen LogP contribution in [0, 0.1) is 0 Å². The second-order valence-electron chi connectivity index (χ2n) is 5.20. The third-order valence-corrected chi connectivity index (χ3v) is 4.78. The summed E-state index contributed by atoms with van der Waals surface area (Å²) in [4.78, 5) is 0.362. The van der Waals surface area contributed by atoms with Crippen molar-refractivity contribution in [2.24, 2.45) is 0 Å². The molecule has 0 saturated carbocycles. The minimum Gasteiger partial charge on any atom is -0.377 e. The number of ether oxygens (including phenoxy) is 1. The molecule has 1 aromatic carbocycles.